The van der Waals surface area contributed by atoms with Gasteiger partial charge in [-0.2, -0.15) is 4.31 Å². The minimum absolute atomic E-state index is 0.100. The summed E-state index contributed by atoms with van der Waals surface area (Å²) in [6.45, 7) is 1.11. The van der Waals surface area contributed by atoms with E-state index in [-0.39, 0.29) is 11.4 Å². The van der Waals surface area contributed by atoms with Gasteiger partial charge in [-0.25, -0.2) is 12.8 Å². The maximum atomic E-state index is 13.0. The standard InChI is InChI=1S/C16H17FN2O3S/c1-22-11-13-9-18-8-12-10-19(7-6-16(12)13)23(20,21)15-4-2-14(17)3-5-15/h2-5,8-9H,6-7,10-11H2,1H3. The van der Waals surface area contributed by atoms with Gasteiger partial charge in [0.05, 0.1) is 11.5 Å². The summed E-state index contributed by atoms with van der Waals surface area (Å²) in [6, 6.07) is 4.89. The molecule has 1 aliphatic rings. The van der Waals surface area contributed by atoms with Crippen LogP contribution in [0.15, 0.2) is 41.6 Å². The number of methoxy groups -OCH3 is 1. The number of fused-ring (bicyclic) bond motifs is 1. The van der Waals surface area contributed by atoms with E-state index >= 15 is 0 Å². The highest BCUT2D eigenvalue weighted by Crippen LogP contribution is 2.26. The van der Waals surface area contributed by atoms with Crippen molar-refractivity contribution in [1.29, 1.82) is 0 Å². The molecule has 0 saturated heterocycles. The van der Waals surface area contributed by atoms with Crippen LogP contribution in [0.5, 0.6) is 0 Å². The first-order chi connectivity index (χ1) is 11.0. The Morgan fingerprint density at radius 1 is 1.26 bits per heavy atom. The molecule has 0 fully saturated rings. The van der Waals surface area contributed by atoms with Crippen molar-refractivity contribution in [1.82, 2.24) is 9.29 Å². The van der Waals surface area contributed by atoms with Gasteiger partial charge in [-0.15, -0.1) is 0 Å². The van der Waals surface area contributed by atoms with Gasteiger partial charge in [0.1, 0.15) is 5.82 Å². The maximum Gasteiger partial charge on any atom is 0.243 e. The lowest BCUT2D eigenvalue weighted by atomic mass is 9.99. The molecule has 23 heavy (non-hydrogen) atoms. The molecule has 7 heteroatoms. The van der Waals surface area contributed by atoms with E-state index in [0.717, 1.165) is 28.8 Å². The molecule has 0 saturated carbocycles. The molecule has 0 bridgehead atoms. The minimum atomic E-state index is -3.64. The Morgan fingerprint density at radius 2 is 2.00 bits per heavy atom. The molecule has 0 unspecified atom stereocenters. The summed E-state index contributed by atoms with van der Waals surface area (Å²) >= 11 is 0. The molecule has 0 N–H and O–H groups in total. The zero-order chi connectivity index (χ0) is 16.4. The molecule has 2 aromatic rings. The van der Waals surface area contributed by atoms with Gasteiger partial charge < -0.3 is 4.74 Å². The lowest BCUT2D eigenvalue weighted by molar-refractivity contribution is 0.183. The number of ether oxygens (including phenoxy) is 1. The monoisotopic (exact) mass is 336 g/mol. The molecule has 1 aromatic carbocycles. The van der Waals surface area contributed by atoms with Gasteiger partial charge >= 0.3 is 0 Å². The Bertz CT molecular complexity index is 807. The summed E-state index contributed by atoms with van der Waals surface area (Å²) in [5.74, 6) is -0.457. The smallest absolute Gasteiger partial charge is 0.243 e. The van der Waals surface area contributed by atoms with Gasteiger partial charge in [-0.1, -0.05) is 0 Å². The van der Waals surface area contributed by atoms with Crippen molar-refractivity contribution in [2.75, 3.05) is 13.7 Å². The van der Waals surface area contributed by atoms with Crippen LogP contribution in [0, 0.1) is 5.82 Å². The number of nitrogens with zero attached hydrogens (tertiary/aromatic N) is 2. The fraction of sp³-hybridized carbons (Fsp3) is 0.312. The molecule has 5 nitrogen and oxygen atoms in total. The second-order valence-electron chi connectivity index (χ2n) is 5.41. The third-order valence-corrected chi connectivity index (χ3v) is 5.80. The highest BCUT2D eigenvalue weighted by atomic mass is 32.2. The van der Waals surface area contributed by atoms with E-state index in [1.807, 2.05) is 0 Å². The number of rotatable bonds is 4. The molecule has 0 aliphatic carbocycles. The Morgan fingerprint density at radius 3 is 2.70 bits per heavy atom. The third kappa shape index (κ3) is 3.12. The van der Waals surface area contributed by atoms with Gasteiger partial charge in [0.2, 0.25) is 10.0 Å². The van der Waals surface area contributed by atoms with Crippen LogP contribution in [0.25, 0.3) is 0 Å². The van der Waals surface area contributed by atoms with Crippen molar-refractivity contribution < 1.29 is 17.5 Å². The lowest BCUT2D eigenvalue weighted by Crippen LogP contribution is -2.36. The molecule has 122 valence electrons. The average molecular weight is 336 g/mol. The largest absolute Gasteiger partial charge is 0.380 e. The lowest BCUT2D eigenvalue weighted by Gasteiger charge is -2.29. The fourth-order valence-electron chi connectivity index (χ4n) is 2.78. The first-order valence-electron chi connectivity index (χ1n) is 7.21. The predicted octanol–water partition coefficient (Wildman–Crippen LogP) is 2.11. The van der Waals surface area contributed by atoms with E-state index in [2.05, 4.69) is 4.98 Å². The van der Waals surface area contributed by atoms with Gasteiger partial charge in [0.15, 0.2) is 0 Å². The van der Waals surface area contributed by atoms with E-state index in [9.17, 15) is 12.8 Å². The number of hydrogen-bond acceptors (Lipinski definition) is 4. The molecule has 0 radical (unpaired) electrons. The van der Waals surface area contributed by atoms with Crippen LogP contribution < -0.4 is 0 Å². The Kier molecular flexibility index (Phi) is 4.43. The van der Waals surface area contributed by atoms with Gasteiger partial charge in [-0.05, 0) is 47.4 Å². The van der Waals surface area contributed by atoms with Crippen LogP contribution in [0.4, 0.5) is 4.39 Å². The van der Waals surface area contributed by atoms with Gasteiger partial charge in [-0.3, -0.25) is 4.98 Å². The molecule has 3 rings (SSSR count). The number of pyridine rings is 1. The first-order valence-corrected chi connectivity index (χ1v) is 8.65. The Hall–Kier alpha value is -1.83. The second kappa shape index (κ2) is 6.35. The van der Waals surface area contributed by atoms with Crippen LogP contribution in [-0.2, 0) is 34.3 Å². The Balaban J connectivity index is 1.90. The quantitative estimate of drug-likeness (QED) is 0.858. The molecular weight excluding hydrogens is 319 g/mol. The normalized spacial score (nSPS) is 15.4. The van der Waals surface area contributed by atoms with Crippen LogP contribution in [0.1, 0.15) is 16.7 Å². The van der Waals surface area contributed by atoms with Crippen molar-refractivity contribution in [3.05, 3.63) is 59.2 Å². The topological polar surface area (TPSA) is 59.5 Å². The third-order valence-electron chi connectivity index (χ3n) is 3.95. The number of hydrogen-bond donors (Lipinski definition) is 0. The fourth-order valence-corrected chi connectivity index (χ4v) is 4.20. The summed E-state index contributed by atoms with van der Waals surface area (Å²) in [4.78, 5) is 4.27. The van der Waals surface area contributed by atoms with Crippen LogP contribution >= 0.6 is 0 Å². The summed E-state index contributed by atoms with van der Waals surface area (Å²) in [5.41, 5.74) is 2.98. The van der Waals surface area contributed by atoms with E-state index < -0.39 is 15.8 Å². The van der Waals surface area contributed by atoms with E-state index in [1.54, 1.807) is 19.5 Å². The van der Waals surface area contributed by atoms with E-state index in [1.165, 1.54) is 16.4 Å². The molecule has 2 heterocycles. The maximum absolute atomic E-state index is 13.0. The summed E-state index contributed by atoms with van der Waals surface area (Å²) in [5, 5.41) is 0. The first kappa shape index (κ1) is 16.0. The molecule has 0 spiro atoms. The molecule has 0 amide bonds. The van der Waals surface area contributed by atoms with Gasteiger partial charge in [0.25, 0.3) is 0 Å². The highest BCUT2D eigenvalue weighted by Gasteiger charge is 2.29. The SMILES string of the molecule is COCc1cncc2c1CCN(S(=O)(=O)c1ccc(F)cc1)C2. The van der Waals surface area contributed by atoms with Gasteiger partial charge in [0, 0.05) is 32.6 Å². The minimum Gasteiger partial charge on any atom is -0.380 e. The second-order valence-corrected chi connectivity index (χ2v) is 7.35. The average Bonchev–Trinajstić information content (AvgIpc) is 2.55. The van der Waals surface area contributed by atoms with Crippen molar-refractivity contribution in [2.24, 2.45) is 0 Å². The van der Waals surface area contributed by atoms with E-state index in [0.29, 0.717) is 19.6 Å². The van der Waals surface area contributed by atoms with Crippen molar-refractivity contribution >= 4 is 10.0 Å². The van der Waals surface area contributed by atoms with Crippen molar-refractivity contribution in [2.45, 2.75) is 24.5 Å². The molecular formula is C16H17FN2O3S. The van der Waals surface area contributed by atoms with Crippen molar-refractivity contribution in [3.63, 3.8) is 0 Å². The van der Waals surface area contributed by atoms with Crippen molar-refractivity contribution in [3.8, 4) is 0 Å². The zero-order valence-corrected chi connectivity index (χ0v) is 13.5. The van der Waals surface area contributed by atoms with Crippen LogP contribution in [0.3, 0.4) is 0 Å². The Labute approximate surface area is 134 Å². The highest BCUT2D eigenvalue weighted by molar-refractivity contribution is 7.89. The molecule has 1 aliphatic heterocycles. The molecule has 1 aromatic heterocycles. The number of sulfonamides is 1. The summed E-state index contributed by atoms with van der Waals surface area (Å²) < 4.78 is 44.9. The molecule has 0 atom stereocenters. The van der Waals surface area contributed by atoms with E-state index in [4.69, 9.17) is 4.74 Å². The predicted molar refractivity (Wildman–Crippen MR) is 82.6 cm³/mol. The van der Waals surface area contributed by atoms with Crippen LogP contribution in [0.2, 0.25) is 0 Å². The number of aromatic nitrogens is 1. The summed E-state index contributed by atoms with van der Waals surface area (Å²) in [7, 11) is -2.02. The number of halogens is 1. The number of benzene rings is 1. The summed E-state index contributed by atoms with van der Waals surface area (Å²) in [6.07, 6.45) is 4.06. The zero-order valence-electron chi connectivity index (χ0n) is 12.7. The van der Waals surface area contributed by atoms with Crippen LogP contribution in [-0.4, -0.2) is 31.4 Å².